The molecule has 0 heterocycles. The molecule has 9 nitrogen and oxygen atoms in total. The number of phosphoric ester groups is 1. The van der Waals surface area contributed by atoms with Gasteiger partial charge in [0.2, 0.25) is 5.91 Å². The van der Waals surface area contributed by atoms with E-state index in [0.717, 1.165) is 122 Å². The molecular weight excluding hydrogens is 1000 g/mol. The second kappa shape index (κ2) is 58.4. The molecule has 10 heteroatoms. The van der Waals surface area contributed by atoms with Gasteiger partial charge in [-0.2, -0.15) is 0 Å². The number of hydrogen-bond donors (Lipinski definition) is 1. The molecule has 3 unspecified atom stereocenters. The lowest BCUT2D eigenvalue weighted by Gasteiger charge is -2.30. The third-order valence-corrected chi connectivity index (χ3v) is 15.3. The summed E-state index contributed by atoms with van der Waals surface area (Å²) in [6.07, 6.45) is 76.9. The van der Waals surface area contributed by atoms with Gasteiger partial charge in [-0.3, -0.25) is 14.2 Å². The van der Waals surface area contributed by atoms with E-state index in [-0.39, 0.29) is 24.9 Å². The zero-order valence-corrected chi connectivity index (χ0v) is 53.2. The average Bonchev–Trinajstić information content (AvgIpc) is 3.41. The van der Waals surface area contributed by atoms with Crippen LogP contribution in [0.25, 0.3) is 0 Å². The molecule has 0 rings (SSSR count). The number of allylic oxidation sites excluding steroid dienone is 13. The number of nitrogens with zero attached hydrogens (tertiary/aromatic N) is 1. The molecule has 79 heavy (non-hydrogen) atoms. The van der Waals surface area contributed by atoms with Crippen LogP contribution >= 0.6 is 7.82 Å². The molecule has 0 saturated carbocycles. The Bertz CT molecular complexity index is 1630. The Morgan fingerprint density at radius 2 is 0.810 bits per heavy atom. The van der Waals surface area contributed by atoms with Crippen molar-refractivity contribution in [3.63, 3.8) is 0 Å². The van der Waals surface area contributed by atoms with Gasteiger partial charge in [0.05, 0.1) is 33.8 Å². The summed E-state index contributed by atoms with van der Waals surface area (Å²) < 4.78 is 30.4. The lowest BCUT2D eigenvalue weighted by Crippen LogP contribution is -2.47. The Balaban J connectivity index is 5.19. The number of ether oxygens (including phenoxy) is 1. The van der Waals surface area contributed by atoms with E-state index in [1.165, 1.54) is 135 Å². The Morgan fingerprint density at radius 3 is 1.25 bits per heavy atom. The monoisotopic (exact) mass is 1120 g/mol. The van der Waals surface area contributed by atoms with E-state index in [4.69, 9.17) is 13.8 Å². The van der Waals surface area contributed by atoms with Gasteiger partial charge in [0.15, 0.2) is 0 Å². The quantitative estimate of drug-likeness (QED) is 0.0161. The lowest BCUT2D eigenvalue weighted by molar-refractivity contribution is -0.870. The van der Waals surface area contributed by atoms with E-state index in [9.17, 15) is 19.0 Å². The molecule has 0 fully saturated rings. The lowest BCUT2D eigenvalue weighted by atomic mass is 10.0. The zero-order valence-electron chi connectivity index (χ0n) is 52.3. The first-order valence-corrected chi connectivity index (χ1v) is 34.4. The largest absolute Gasteiger partial charge is 0.756 e. The molecule has 0 aromatic rings. The highest BCUT2D eigenvalue weighted by molar-refractivity contribution is 7.45. The van der Waals surface area contributed by atoms with Crippen LogP contribution < -0.4 is 10.2 Å². The standard InChI is InChI=1S/C69H125N2O7P/c1-7-10-13-16-19-22-25-28-30-31-32-33-34-35-36-37-38-39-41-44-47-50-53-56-59-62-69(73)78-67(60-57-54-51-48-45-42-27-24-21-18-15-12-9-3)66(65-77-79(74,75)76-64-63-71(4,5)6)70-68(72)61-58-55-52-49-46-43-40-29-26-23-20-17-14-11-8-2/h19-20,22-23,26,28-30,32-33,35-36,57,60,66-67H,7-18,21,24-25,27,31,34,37-56,58-59,61-65H2,1-6H3,(H-,70,72,74,75)/b22-19-,23-20+,29-26+,30-28-,33-32-,36-35-,60-57-. The number of likely N-dealkylation sites (N-methyl/N-ethyl adjacent to an activating group) is 1. The second-order valence-corrected chi connectivity index (χ2v) is 24.7. The van der Waals surface area contributed by atoms with Crippen molar-refractivity contribution in [3.05, 3.63) is 85.1 Å². The molecule has 3 atom stereocenters. The fraction of sp³-hybridized carbons (Fsp3) is 0.768. The van der Waals surface area contributed by atoms with E-state index in [0.29, 0.717) is 17.4 Å². The fourth-order valence-electron chi connectivity index (χ4n) is 9.20. The molecule has 0 bridgehead atoms. The van der Waals surface area contributed by atoms with Gasteiger partial charge in [-0.25, -0.2) is 0 Å². The third-order valence-electron chi connectivity index (χ3n) is 14.3. The summed E-state index contributed by atoms with van der Waals surface area (Å²) in [7, 11) is 1.17. The predicted octanol–water partition coefficient (Wildman–Crippen LogP) is 19.9. The Morgan fingerprint density at radius 1 is 0.456 bits per heavy atom. The van der Waals surface area contributed by atoms with Crippen LogP contribution in [-0.2, 0) is 27.9 Å². The van der Waals surface area contributed by atoms with Gasteiger partial charge in [0.25, 0.3) is 7.82 Å². The van der Waals surface area contributed by atoms with E-state index < -0.39 is 26.6 Å². The van der Waals surface area contributed by atoms with Crippen molar-refractivity contribution in [2.75, 3.05) is 40.9 Å². The average molecular weight is 1130 g/mol. The topological polar surface area (TPSA) is 114 Å². The Labute approximate surface area is 488 Å². The molecule has 0 saturated heterocycles. The molecule has 1 N–H and O–H groups in total. The highest BCUT2D eigenvalue weighted by atomic mass is 31.2. The number of rotatable bonds is 59. The van der Waals surface area contributed by atoms with Crippen molar-refractivity contribution in [1.29, 1.82) is 0 Å². The van der Waals surface area contributed by atoms with Crippen molar-refractivity contribution in [2.45, 2.75) is 303 Å². The smallest absolute Gasteiger partial charge is 0.306 e. The first-order valence-electron chi connectivity index (χ1n) is 32.9. The normalized spacial score (nSPS) is 14.2. The second-order valence-electron chi connectivity index (χ2n) is 23.3. The van der Waals surface area contributed by atoms with Crippen LogP contribution in [0.1, 0.15) is 290 Å². The molecule has 1 amide bonds. The highest BCUT2D eigenvalue weighted by Crippen LogP contribution is 2.38. The van der Waals surface area contributed by atoms with Gasteiger partial charge < -0.3 is 28.5 Å². The Hall–Kier alpha value is -2.81. The molecule has 0 aliphatic heterocycles. The molecule has 0 aliphatic carbocycles. The van der Waals surface area contributed by atoms with E-state index in [2.05, 4.69) is 99.0 Å². The number of carbonyl (C=O) groups excluding carboxylic acids is 2. The SMILES string of the molecule is CCCCC/C=C\C/C=C\C/C=C\C/C=C\CCCCCCCCCCCC(=O)OC(/C=C\CCCCCCCCCCCCC)C(COP(=O)([O-])OCC[N+](C)(C)C)NC(=O)CCCCCCCC/C=C/C=C/CCCCC. The zero-order chi connectivity index (χ0) is 57.9. The number of nitrogens with one attached hydrogen (secondary N) is 1. The van der Waals surface area contributed by atoms with Crippen molar-refractivity contribution in [2.24, 2.45) is 0 Å². The molecule has 0 aromatic heterocycles. The van der Waals surface area contributed by atoms with E-state index in [1.54, 1.807) is 0 Å². The van der Waals surface area contributed by atoms with Gasteiger partial charge in [0.1, 0.15) is 19.3 Å². The summed E-state index contributed by atoms with van der Waals surface area (Å²) in [5.41, 5.74) is 0. The van der Waals surface area contributed by atoms with Gasteiger partial charge >= 0.3 is 5.97 Å². The van der Waals surface area contributed by atoms with Crippen LogP contribution in [0.3, 0.4) is 0 Å². The van der Waals surface area contributed by atoms with Gasteiger partial charge in [-0.15, -0.1) is 0 Å². The summed E-state index contributed by atoms with van der Waals surface area (Å²) >= 11 is 0. The maximum Gasteiger partial charge on any atom is 0.306 e. The van der Waals surface area contributed by atoms with Crippen LogP contribution in [0, 0.1) is 0 Å². The van der Waals surface area contributed by atoms with E-state index in [1.807, 2.05) is 33.3 Å². The third kappa shape index (κ3) is 59.6. The molecule has 458 valence electrons. The first-order chi connectivity index (χ1) is 38.4. The van der Waals surface area contributed by atoms with Crippen molar-refractivity contribution in [3.8, 4) is 0 Å². The predicted molar refractivity (Wildman–Crippen MR) is 339 cm³/mol. The summed E-state index contributed by atoms with van der Waals surface area (Å²) in [6, 6.07) is -0.901. The minimum absolute atomic E-state index is 0.0286. The van der Waals surface area contributed by atoms with Crippen LogP contribution in [0.2, 0.25) is 0 Å². The molecule has 0 aliphatic rings. The molecule has 0 aromatic carbocycles. The number of hydrogen-bond acceptors (Lipinski definition) is 7. The van der Waals surface area contributed by atoms with Gasteiger partial charge in [0, 0.05) is 12.8 Å². The first kappa shape index (κ1) is 76.2. The highest BCUT2D eigenvalue weighted by Gasteiger charge is 2.27. The number of carbonyl (C=O) groups is 2. The van der Waals surface area contributed by atoms with Gasteiger partial charge in [-0.05, 0) is 102 Å². The van der Waals surface area contributed by atoms with Gasteiger partial charge in [-0.1, -0.05) is 260 Å². The Kier molecular flexibility index (Phi) is 56.3. The van der Waals surface area contributed by atoms with E-state index >= 15 is 0 Å². The summed E-state index contributed by atoms with van der Waals surface area (Å²) in [5.74, 6) is -0.559. The molecule has 0 spiro atoms. The van der Waals surface area contributed by atoms with Crippen molar-refractivity contribution < 1.29 is 37.3 Å². The number of unbranched alkanes of at least 4 members (excludes halogenated alkanes) is 32. The van der Waals surface area contributed by atoms with Crippen LogP contribution in [-0.4, -0.2) is 69.4 Å². The minimum atomic E-state index is -4.71. The number of quaternary nitrogens is 1. The molecule has 0 radical (unpaired) electrons. The van der Waals surface area contributed by atoms with Crippen molar-refractivity contribution >= 4 is 19.7 Å². The summed E-state index contributed by atoms with van der Waals surface area (Å²) in [6.45, 7) is 6.78. The summed E-state index contributed by atoms with van der Waals surface area (Å²) in [4.78, 5) is 40.1. The summed E-state index contributed by atoms with van der Waals surface area (Å²) in [5, 5.41) is 3.02. The van der Waals surface area contributed by atoms with Crippen molar-refractivity contribution in [1.82, 2.24) is 5.32 Å². The maximum atomic E-state index is 13.5. The number of amides is 1. The molecular formula is C69H125N2O7P. The minimum Gasteiger partial charge on any atom is -0.756 e. The van der Waals surface area contributed by atoms with Crippen LogP contribution in [0.15, 0.2) is 85.1 Å². The number of esters is 1. The maximum absolute atomic E-state index is 13.5. The van der Waals surface area contributed by atoms with Crippen LogP contribution in [0.4, 0.5) is 0 Å². The van der Waals surface area contributed by atoms with Crippen LogP contribution in [0.5, 0.6) is 0 Å². The fourth-order valence-corrected chi connectivity index (χ4v) is 9.93. The number of phosphoric acid groups is 1.